The molecule has 1 saturated carbocycles. The normalized spacial score (nSPS) is 22.4. The Labute approximate surface area is 198 Å². The number of ether oxygens (including phenoxy) is 1. The van der Waals surface area contributed by atoms with Gasteiger partial charge < -0.3 is 19.9 Å². The van der Waals surface area contributed by atoms with E-state index in [2.05, 4.69) is 37.6 Å². The van der Waals surface area contributed by atoms with Crippen molar-refractivity contribution in [3.63, 3.8) is 0 Å². The zero-order valence-electron chi connectivity index (χ0n) is 18.7. The first-order valence-electron chi connectivity index (χ1n) is 11.4. The van der Waals surface area contributed by atoms with Crippen molar-refractivity contribution in [2.75, 3.05) is 26.2 Å². The van der Waals surface area contributed by atoms with Gasteiger partial charge in [0.2, 0.25) is 5.89 Å². The van der Waals surface area contributed by atoms with E-state index in [0.29, 0.717) is 30.9 Å². The molecule has 3 rings (SSSR count). The van der Waals surface area contributed by atoms with Crippen LogP contribution >= 0.6 is 24.0 Å². The lowest BCUT2D eigenvalue weighted by molar-refractivity contribution is 0.0683. The molecule has 2 aliphatic rings. The van der Waals surface area contributed by atoms with Crippen LogP contribution in [0.25, 0.3) is 0 Å². The summed E-state index contributed by atoms with van der Waals surface area (Å²) < 4.78 is 10.9. The monoisotopic (exact) mass is 534 g/mol. The number of likely N-dealkylation sites (tertiary alicyclic amines) is 1. The van der Waals surface area contributed by atoms with Crippen molar-refractivity contribution >= 4 is 29.9 Å². The molecule has 1 saturated heterocycles. The van der Waals surface area contributed by atoms with Gasteiger partial charge in [-0.1, -0.05) is 24.4 Å². The van der Waals surface area contributed by atoms with Crippen molar-refractivity contribution in [1.29, 1.82) is 0 Å². The van der Waals surface area contributed by atoms with Gasteiger partial charge in [-0.05, 0) is 53.0 Å². The van der Waals surface area contributed by atoms with Crippen LogP contribution in [0.3, 0.4) is 0 Å². The maximum absolute atomic E-state index is 5.52. The number of aliphatic imine (C=N–C) groups is 1. The van der Waals surface area contributed by atoms with Gasteiger partial charge in [0.1, 0.15) is 12.6 Å². The summed E-state index contributed by atoms with van der Waals surface area (Å²) in [6.45, 7) is 10.1. The van der Waals surface area contributed by atoms with E-state index < -0.39 is 0 Å². The second-order valence-corrected chi connectivity index (χ2v) is 8.11. The molecule has 1 aromatic rings. The Kier molecular flexibility index (Phi) is 11.4. The van der Waals surface area contributed by atoms with Crippen LogP contribution in [0.15, 0.2) is 9.52 Å². The van der Waals surface area contributed by atoms with Crippen LogP contribution in [0.4, 0.5) is 0 Å². The highest BCUT2D eigenvalue weighted by Crippen LogP contribution is 2.25. The Morgan fingerprint density at radius 1 is 1.23 bits per heavy atom. The third-order valence-electron chi connectivity index (χ3n) is 5.87. The molecular formula is C21H39IN6O2. The van der Waals surface area contributed by atoms with Crippen molar-refractivity contribution in [3.8, 4) is 0 Å². The van der Waals surface area contributed by atoms with E-state index in [1.807, 2.05) is 13.8 Å². The summed E-state index contributed by atoms with van der Waals surface area (Å²) in [6, 6.07) is 1.21. The summed E-state index contributed by atoms with van der Waals surface area (Å²) in [4.78, 5) is 11.8. The summed E-state index contributed by atoms with van der Waals surface area (Å²) in [5.74, 6) is 1.90. The van der Waals surface area contributed by atoms with Gasteiger partial charge in [-0.25, -0.2) is 4.99 Å². The lowest BCUT2D eigenvalue weighted by atomic mass is 9.92. The molecule has 2 fully saturated rings. The van der Waals surface area contributed by atoms with Gasteiger partial charge in [0.05, 0.1) is 0 Å². The predicted octanol–water partition coefficient (Wildman–Crippen LogP) is 3.64. The average molecular weight is 534 g/mol. The molecule has 1 aromatic heterocycles. The SMILES string of the molecule is CCNC(=NCc1nc(C(C)OCC)no1)NC1CCCN(C2CCCCC2)C1.I. The molecule has 0 spiro atoms. The summed E-state index contributed by atoms with van der Waals surface area (Å²) in [5.41, 5.74) is 0. The first-order valence-corrected chi connectivity index (χ1v) is 11.4. The molecular weight excluding hydrogens is 495 g/mol. The number of hydrogen-bond donors (Lipinski definition) is 2. The number of hydrogen-bond acceptors (Lipinski definition) is 6. The van der Waals surface area contributed by atoms with Gasteiger partial charge in [-0.15, -0.1) is 24.0 Å². The highest BCUT2D eigenvalue weighted by Gasteiger charge is 2.27. The lowest BCUT2D eigenvalue weighted by Crippen LogP contribution is -2.53. The van der Waals surface area contributed by atoms with Gasteiger partial charge in [0.15, 0.2) is 11.8 Å². The number of aromatic nitrogens is 2. The van der Waals surface area contributed by atoms with E-state index >= 15 is 0 Å². The highest BCUT2D eigenvalue weighted by molar-refractivity contribution is 14.0. The molecule has 1 aliphatic carbocycles. The largest absolute Gasteiger partial charge is 0.371 e. The summed E-state index contributed by atoms with van der Waals surface area (Å²) >= 11 is 0. The summed E-state index contributed by atoms with van der Waals surface area (Å²) in [7, 11) is 0. The van der Waals surface area contributed by atoms with Crippen molar-refractivity contribution in [2.24, 2.45) is 4.99 Å². The van der Waals surface area contributed by atoms with E-state index in [1.54, 1.807) is 0 Å². The smallest absolute Gasteiger partial charge is 0.248 e. The van der Waals surface area contributed by atoms with E-state index in [0.717, 1.165) is 25.1 Å². The Morgan fingerprint density at radius 3 is 2.77 bits per heavy atom. The van der Waals surface area contributed by atoms with Gasteiger partial charge in [-0.2, -0.15) is 4.98 Å². The Morgan fingerprint density at radius 2 is 2.03 bits per heavy atom. The summed E-state index contributed by atoms with van der Waals surface area (Å²) in [6.07, 6.45) is 9.17. The molecule has 9 heteroatoms. The number of rotatable bonds is 8. The molecule has 0 radical (unpaired) electrons. The fourth-order valence-corrected chi connectivity index (χ4v) is 4.38. The third-order valence-corrected chi connectivity index (χ3v) is 5.87. The Bertz CT molecular complexity index is 635. The molecule has 1 aliphatic heterocycles. The van der Waals surface area contributed by atoms with E-state index in [1.165, 1.54) is 51.5 Å². The summed E-state index contributed by atoms with van der Waals surface area (Å²) in [5, 5.41) is 11.0. The van der Waals surface area contributed by atoms with Crippen LogP contribution in [-0.2, 0) is 11.3 Å². The number of guanidine groups is 1. The Hall–Kier alpha value is -0.940. The van der Waals surface area contributed by atoms with Gasteiger partial charge >= 0.3 is 0 Å². The van der Waals surface area contributed by atoms with Gasteiger partial charge in [0, 0.05) is 31.8 Å². The molecule has 2 atom stereocenters. The predicted molar refractivity (Wildman–Crippen MR) is 129 cm³/mol. The molecule has 8 nitrogen and oxygen atoms in total. The molecule has 2 heterocycles. The highest BCUT2D eigenvalue weighted by atomic mass is 127. The van der Waals surface area contributed by atoms with Crippen LogP contribution in [0.5, 0.6) is 0 Å². The lowest BCUT2D eigenvalue weighted by Gasteiger charge is -2.40. The minimum absolute atomic E-state index is 0. The van der Waals surface area contributed by atoms with Gasteiger partial charge in [0.25, 0.3) is 0 Å². The fraction of sp³-hybridized carbons (Fsp3) is 0.857. The second kappa shape index (κ2) is 13.5. The third kappa shape index (κ3) is 7.64. The van der Waals surface area contributed by atoms with Crippen molar-refractivity contribution in [1.82, 2.24) is 25.7 Å². The number of halogens is 1. The van der Waals surface area contributed by atoms with Crippen LogP contribution in [0, 0.1) is 0 Å². The quantitative estimate of drug-likeness (QED) is 0.299. The number of nitrogens with one attached hydrogen (secondary N) is 2. The molecule has 30 heavy (non-hydrogen) atoms. The van der Waals surface area contributed by atoms with Crippen molar-refractivity contribution in [3.05, 3.63) is 11.7 Å². The van der Waals surface area contributed by atoms with Crippen molar-refractivity contribution < 1.29 is 9.26 Å². The van der Waals surface area contributed by atoms with Crippen LogP contribution in [0.1, 0.15) is 83.5 Å². The van der Waals surface area contributed by atoms with Crippen LogP contribution < -0.4 is 10.6 Å². The van der Waals surface area contributed by atoms with Crippen molar-refractivity contribution in [2.45, 2.75) is 90.4 Å². The fourth-order valence-electron chi connectivity index (χ4n) is 4.38. The first kappa shape index (κ1) is 25.3. The molecule has 0 bridgehead atoms. The zero-order valence-corrected chi connectivity index (χ0v) is 21.1. The van der Waals surface area contributed by atoms with Crippen LogP contribution in [-0.4, -0.2) is 59.3 Å². The molecule has 2 unspecified atom stereocenters. The second-order valence-electron chi connectivity index (χ2n) is 8.11. The Balaban J connectivity index is 0.00000320. The van der Waals surface area contributed by atoms with E-state index in [9.17, 15) is 0 Å². The zero-order chi connectivity index (χ0) is 20.5. The molecule has 0 aromatic carbocycles. The number of piperidine rings is 1. The van der Waals surface area contributed by atoms with E-state index in [-0.39, 0.29) is 30.1 Å². The standard InChI is InChI=1S/C21H38N6O2.HI/c1-4-22-21(23-14-19-25-20(26-29-19)16(3)28-5-2)24-17-10-9-13-27(15-17)18-11-7-6-8-12-18;/h16-18H,4-15H2,1-3H3,(H2,22,23,24);1H. The molecule has 0 amide bonds. The maximum atomic E-state index is 5.52. The maximum Gasteiger partial charge on any atom is 0.248 e. The first-order chi connectivity index (χ1) is 14.2. The average Bonchev–Trinajstić information content (AvgIpc) is 3.22. The molecule has 172 valence electrons. The minimum Gasteiger partial charge on any atom is -0.371 e. The van der Waals surface area contributed by atoms with E-state index in [4.69, 9.17) is 9.26 Å². The number of nitrogens with zero attached hydrogens (tertiary/aromatic N) is 4. The van der Waals surface area contributed by atoms with Gasteiger partial charge in [-0.3, -0.25) is 4.90 Å². The topological polar surface area (TPSA) is 87.8 Å². The van der Waals surface area contributed by atoms with Crippen LogP contribution in [0.2, 0.25) is 0 Å². The molecule has 2 N–H and O–H groups in total. The minimum atomic E-state index is -0.166.